The van der Waals surface area contributed by atoms with Crippen LogP contribution < -0.4 is 5.73 Å². The first-order valence-corrected chi connectivity index (χ1v) is 4.00. The minimum absolute atomic E-state index is 0. The number of nitrogen functional groups attached to an aromatic ring is 1. The van der Waals surface area contributed by atoms with Gasteiger partial charge < -0.3 is 10.5 Å². The van der Waals surface area contributed by atoms with Gasteiger partial charge in [-0.25, -0.2) is 4.98 Å². The number of rotatable bonds is 0. The molecule has 2 N–H and O–H groups in total. The Kier molecular flexibility index (Phi) is 2.86. The average molecular weight is 237 g/mol. The Morgan fingerprint density at radius 1 is 1.55 bits per heavy atom. The lowest BCUT2D eigenvalue weighted by molar-refractivity contribution is 0.112. The molecule has 62 valence electrons. The minimum Gasteiger partial charge on any atom is -0.375 e. The van der Waals surface area contributed by atoms with Crippen molar-refractivity contribution in [3.05, 3.63) is 10.6 Å². The Morgan fingerprint density at radius 3 is 3.09 bits per heavy atom. The molecule has 1 aliphatic rings. The van der Waals surface area contributed by atoms with Crippen LogP contribution >= 0.6 is 28.3 Å². The fraction of sp³-hybridized carbons (Fsp3) is 0.500. The van der Waals surface area contributed by atoms with Gasteiger partial charge in [0.25, 0.3) is 0 Å². The van der Waals surface area contributed by atoms with Gasteiger partial charge in [-0.1, -0.05) is 11.3 Å². The molecule has 0 saturated heterocycles. The molecule has 2 heterocycles. The summed E-state index contributed by atoms with van der Waals surface area (Å²) < 4.78 is 5.22. The predicted octanol–water partition coefficient (Wildman–Crippen LogP) is 1.38. The molecule has 3 nitrogen and oxygen atoms in total. The van der Waals surface area contributed by atoms with Crippen LogP contribution in [0.2, 0.25) is 0 Å². The fourth-order valence-corrected chi connectivity index (χ4v) is 1.86. The van der Waals surface area contributed by atoms with E-state index in [4.69, 9.17) is 10.5 Å². The first kappa shape index (κ1) is 8.96. The van der Waals surface area contributed by atoms with Gasteiger partial charge in [0, 0.05) is 6.42 Å². The molecule has 0 atom stereocenters. The van der Waals surface area contributed by atoms with Gasteiger partial charge in [-0.15, -0.1) is 17.0 Å². The fourth-order valence-electron chi connectivity index (χ4n) is 1.05. The summed E-state index contributed by atoms with van der Waals surface area (Å²) >= 11 is 1.53. The van der Waals surface area contributed by atoms with Gasteiger partial charge in [-0.05, 0) is 0 Å². The molecule has 0 radical (unpaired) electrons. The maximum absolute atomic E-state index is 5.51. The number of thiazole rings is 1. The molecule has 1 aromatic rings. The van der Waals surface area contributed by atoms with Crippen molar-refractivity contribution in [2.45, 2.75) is 13.0 Å². The van der Waals surface area contributed by atoms with Crippen molar-refractivity contribution >= 4 is 33.4 Å². The van der Waals surface area contributed by atoms with Crippen molar-refractivity contribution in [2.75, 3.05) is 12.3 Å². The van der Waals surface area contributed by atoms with E-state index in [0.29, 0.717) is 11.7 Å². The zero-order valence-electron chi connectivity index (χ0n) is 5.87. The molecule has 2 rings (SSSR count). The van der Waals surface area contributed by atoms with E-state index >= 15 is 0 Å². The summed E-state index contributed by atoms with van der Waals surface area (Å²) in [7, 11) is 0. The summed E-state index contributed by atoms with van der Waals surface area (Å²) in [5, 5.41) is 0.663. The van der Waals surface area contributed by atoms with Crippen molar-refractivity contribution in [1.29, 1.82) is 0 Å². The van der Waals surface area contributed by atoms with Gasteiger partial charge in [0.05, 0.1) is 23.8 Å². The zero-order valence-corrected chi connectivity index (χ0v) is 8.40. The second-order valence-electron chi connectivity index (χ2n) is 2.22. The number of aromatic nitrogens is 1. The molecule has 0 spiro atoms. The Bertz CT molecular complexity index is 227. The minimum atomic E-state index is 0. The average Bonchev–Trinajstić information content (AvgIpc) is 2.27. The largest absolute Gasteiger partial charge is 0.375 e. The summed E-state index contributed by atoms with van der Waals surface area (Å²) in [5.41, 5.74) is 6.64. The molecule has 1 aromatic heterocycles. The number of fused-ring (bicyclic) bond motifs is 1. The van der Waals surface area contributed by atoms with Crippen molar-refractivity contribution < 1.29 is 4.74 Å². The summed E-state index contributed by atoms with van der Waals surface area (Å²) in [6, 6.07) is 0. The van der Waals surface area contributed by atoms with Crippen molar-refractivity contribution in [2.24, 2.45) is 0 Å². The van der Waals surface area contributed by atoms with Gasteiger partial charge in [0.2, 0.25) is 0 Å². The molecule has 5 heteroatoms. The lowest BCUT2D eigenvalue weighted by Gasteiger charge is -2.08. The third kappa shape index (κ3) is 1.72. The van der Waals surface area contributed by atoms with Crippen LogP contribution in [0.5, 0.6) is 0 Å². The molecule has 0 aromatic carbocycles. The van der Waals surface area contributed by atoms with Gasteiger partial charge >= 0.3 is 0 Å². The molecule has 0 fully saturated rings. The van der Waals surface area contributed by atoms with E-state index < -0.39 is 0 Å². The number of nitrogens with two attached hydrogens (primary N) is 1. The summed E-state index contributed by atoms with van der Waals surface area (Å²) in [5.74, 6) is 0. The highest BCUT2D eigenvalue weighted by Gasteiger charge is 2.13. The van der Waals surface area contributed by atoms with E-state index in [1.807, 2.05) is 0 Å². The lowest BCUT2D eigenvalue weighted by Crippen LogP contribution is -2.07. The summed E-state index contributed by atoms with van der Waals surface area (Å²) in [6.07, 6.45) is 0.920. The van der Waals surface area contributed by atoms with Crippen molar-refractivity contribution in [1.82, 2.24) is 4.98 Å². The molecule has 11 heavy (non-hydrogen) atoms. The predicted molar refractivity (Wildman–Crippen MR) is 50.2 cm³/mol. The summed E-state index contributed by atoms with van der Waals surface area (Å²) in [6.45, 7) is 1.49. The molecule has 0 aliphatic carbocycles. The zero-order chi connectivity index (χ0) is 6.97. The second-order valence-corrected chi connectivity index (χ2v) is 3.34. The molecule has 0 unspecified atom stereocenters. The highest BCUT2D eigenvalue weighted by Crippen LogP contribution is 2.24. The molecule has 0 amide bonds. The first-order valence-electron chi connectivity index (χ1n) is 3.18. The quantitative estimate of drug-likeness (QED) is 0.741. The van der Waals surface area contributed by atoms with E-state index in [0.717, 1.165) is 18.7 Å². The highest BCUT2D eigenvalue weighted by atomic mass is 79.9. The number of hydrogen-bond donors (Lipinski definition) is 1. The second kappa shape index (κ2) is 3.51. The van der Waals surface area contributed by atoms with Crippen LogP contribution in [-0.4, -0.2) is 11.6 Å². The Morgan fingerprint density at radius 2 is 2.36 bits per heavy atom. The van der Waals surface area contributed by atoms with E-state index in [1.165, 1.54) is 16.2 Å². The van der Waals surface area contributed by atoms with Crippen LogP contribution in [0.4, 0.5) is 5.13 Å². The standard InChI is InChI=1S/C6H8N2OS.BrH/c7-6-8-4-1-2-9-3-5(4)10-6;/h1-3H2,(H2,7,8);1H. The van der Waals surface area contributed by atoms with Gasteiger partial charge in [0.15, 0.2) is 5.13 Å². The van der Waals surface area contributed by atoms with Crippen LogP contribution in [-0.2, 0) is 17.8 Å². The van der Waals surface area contributed by atoms with Crippen LogP contribution in [0.15, 0.2) is 0 Å². The molecular formula is C6H9BrN2OS. The Balaban J connectivity index is 0.000000605. The molecular weight excluding hydrogens is 228 g/mol. The van der Waals surface area contributed by atoms with E-state index in [9.17, 15) is 0 Å². The number of hydrogen-bond acceptors (Lipinski definition) is 4. The van der Waals surface area contributed by atoms with Crippen LogP contribution in [0, 0.1) is 0 Å². The van der Waals surface area contributed by atoms with E-state index in [2.05, 4.69) is 4.98 Å². The normalized spacial score (nSPS) is 15.3. The topological polar surface area (TPSA) is 48.1 Å². The summed E-state index contributed by atoms with van der Waals surface area (Å²) in [4.78, 5) is 5.37. The van der Waals surface area contributed by atoms with E-state index in [-0.39, 0.29) is 17.0 Å². The number of ether oxygens (including phenoxy) is 1. The first-order chi connectivity index (χ1) is 4.86. The van der Waals surface area contributed by atoms with E-state index in [1.54, 1.807) is 0 Å². The Labute approximate surface area is 79.3 Å². The van der Waals surface area contributed by atoms with Gasteiger partial charge in [-0.3, -0.25) is 0 Å². The van der Waals surface area contributed by atoms with Gasteiger partial charge in [-0.2, -0.15) is 0 Å². The third-order valence-electron chi connectivity index (χ3n) is 1.51. The van der Waals surface area contributed by atoms with Crippen molar-refractivity contribution in [3.63, 3.8) is 0 Å². The van der Waals surface area contributed by atoms with Gasteiger partial charge in [0.1, 0.15) is 0 Å². The van der Waals surface area contributed by atoms with Crippen LogP contribution in [0.1, 0.15) is 10.6 Å². The molecule has 0 bridgehead atoms. The SMILES string of the molecule is Br.Nc1nc2c(s1)COCC2. The maximum atomic E-state index is 5.51. The smallest absolute Gasteiger partial charge is 0.180 e. The number of anilines is 1. The number of halogens is 1. The Hall–Kier alpha value is -0.130. The van der Waals surface area contributed by atoms with Crippen molar-refractivity contribution in [3.8, 4) is 0 Å². The third-order valence-corrected chi connectivity index (χ3v) is 2.41. The molecule has 1 aliphatic heterocycles. The monoisotopic (exact) mass is 236 g/mol. The maximum Gasteiger partial charge on any atom is 0.180 e. The lowest BCUT2D eigenvalue weighted by atomic mass is 10.2. The van der Waals surface area contributed by atoms with Crippen LogP contribution in [0.25, 0.3) is 0 Å². The highest BCUT2D eigenvalue weighted by molar-refractivity contribution is 8.93. The molecule has 0 saturated carbocycles. The van der Waals surface area contributed by atoms with Crippen LogP contribution in [0.3, 0.4) is 0 Å². The number of nitrogens with zero attached hydrogens (tertiary/aromatic N) is 1.